The Kier molecular flexibility index (Phi) is 12.7. The Hall–Kier alpha value is -2.23. The lowest BCUT2D eigenvalue weighted by molar-refractivity contribution is -0.131. The lowest BCUT2D eigenvalue weighted by Gasteiger charge is -2.18. The van der Waals surface area contributed by atoms with Gasteiger partial charge >= 0.3 is 0 Å². The van der Waals surface area contributed by atoms with E-state index in [4.69, 9.17) is 0 Å². The van der Waals surface area contributed by atoms with Gasteiger partial charge in [0, 0.05) is 44.7 Å². The SMILES string of the molecule is C=C/C=C(/C)C1CC1.CC.CC(=O)CCC(=O)N(C)CCc1cc2c(cn1)CCCC2. The van der Waals surface area contributed by atoms with E-state index in [1.165, 1.54) is 49.3 Å². The van der Waals surface area contributed by atoms with Crippen LogP contribution in [-0.4, -0.2) is 35.2 Å². The number of aromatic nitrogens is 1. The highest BCUT2D eigenvalue weighted by atomic mass is 16.2. The van der Waals surface area contributed by atoms with E-state index < -0.39 is 0 Å². The summed E-state index contributed by atoms with van der Waals surface area (Å²) in [7, 11) is 1.79. The molecule has 1 amide bonds. The second-order valence-electron chi connectivity index (χ2n) is 8.34. The second kappa shape index (κ2) is 14.7. The zero-order valence-electron chi connectivity index (χ0n) is 20.4. The molecule has 4 heteroatoms. The van der Waals surface area contributed by atoms with Crippen molar-refractivity contribution in [2.45, 2.75) is 85.5 Å². The number of rotatable bonds is 8. The molecule has 0 bridgehead atoms. The van der Waals surface area contributed by atoms with Crippen molar-refractivity contribution in [2.75, 3.05) is 13.6 Å². The summed E-state index contributed by atoms with van der Waals surface area (Å²) in [5.74, 6) is 1.00. The fourth-order valence-electron chi connectivity index (χ4n) is 3.54. The minimum Gasteiger partial charge on any atom is -0.345 e. The number of ketones is 1. The zero-order valence-corrected chi connectivity index (χ0v) is 20.4. The highest BCUT2D eigenvalue weighted by molar-refractivity contribution is 5.83. The van der Waals surface area contributed by atoms with Crippen molar-refractivity contribution >= 4 is 11.7 Å². The number of carbonyl (C=O) groups excluding carboxylic acids is 2. The van der Waals surface area contributed by atoms with Gasteiger partial charge in [0.05, 0.1) is 0 Å². The maximum absolute atomic E-state index is 11.9. The first kappa shape index (κ1) is 26.8. The quantitative estimate of drug-likeness (QED) is 0.487. The first-order valence-corrected chi connectivity index (χ1v) is 11.9. The number of likely N-dealkylation sites (N-methyl/N-ethyl adjacent to an activating group) is 1. The number of amides is 1. The molecule has 4 nitrogen and oxygen atoms in total. The molecule has 1 saturated carbocycles. The smallest absolute Gasteiger partial charge is 0.222 e. The summed E-state index contributed by atoms with van der Waals surface area (Å²) < 4.78 is 0. The van der Waals surface area contributed by atoms with E-state index >= 15 is 0 Å². The van der Waals surface area contributed by atoms with Crippen molar-refractivity contribution < 1.29 is 9.59 Å². The fraction of sp³-hybridized carbons (Fsp3) is 0.593. The molecule has 0 radical (unpaired) electrons. The molecular weight excluding hydrogens is 384 g/mol. The van der Waals surface area contributed by atoms with Crippen LogP contribution in [0.15, 0.2) is 36.6 Å². The van der Waals surface area contributed by atoms with Crippen molar-refractivity contribution in [1.82, 2.24) is 9.88 Å². The third-order valence-corrected chi connectivity index (χ3v) is 5.70. The van der Waals surface area contributed by atoms with Gasteiger partial charge in [-0.15, -0.1) is 0 Å². The van der Waals surface area contributed by atoms with Gasteiger partial charge in [0.1, 0.15) is 5.78 Å². The van der Waals surface area contributed by atoms with E-state index in [1.807, 2.05) is 26.1 Å². The van der Waals surface area contributed by atoms with Crippen LogP contribution in [-0.2, 0) is 28.9 Å². The van der Waals surface area contributed by atoms with E-state index in [2.05, 4.69) is 30.6 Å². The van der Waals surface area contributed by atoms with Gasteiger partial charge in [-0.25, -0.2) is 0 Å². The Morgan fingerprint density at radius 2 is 1.77 bits per heavy atom. The molecular formula is C27H42N2O2. The fourth-order valence-corrected chi connectivity index (χ4v) is 3.54. The Balaban J connectivity index is 0.000000400. The first-order valence-electron chi connectivity index (χ1n) is 11.9. The molecule has 31 heavy (non-hydrogen) atoms. The van der Waals surface area contributed by atoms with Gasteiger partial charge in [-0.05, 0) is 75.5 Å². The normalized spacial score (nSPS) is 14.8. The standard InChI is InChI=1S/C17H24N2O2.C8H12.C2H6/c1-13(20)7-8-17(21)19(2)10-9-16-11-14-5-3-4-6-15(14)12-18-16;1-3-4-7(2)8-5-6-8;1-2/h11-12H,3-10H2,1-2H3;3-4,8H,1,5-6H2,2H3;1-2H3/b;7-4-;. The molecule has 1 fully saturated rings. The summed E-state index contributed by atoms with van der Waals surface area (Å²) in [5, 5.41) is 0. The lowest BCUT2D eigenvalue weighted by atomic mass is 9.92. The van der Waals surface area contributed by atoms with Gasteiger partial charge in [0.15, 0.2) is 0 Å². The number of aryl methyl sites for hydroxylation is 2. The molecule has 3 rings (SSSR count). The lowest BCUT2D eigenvalue weighted by Crippen LogP contribution is -2.29. The van der Waals surface area contributed by atoms with Crippen LogP contribution in [0, 0.1) is 5.92 Å². The van der Waals surface area contributed by atoms with Crippen molar-refractivity contribution in [3.63, 3.8) is 0 Å². The van der Waals surface area contributed by atoms with Gasteiger partial charge in [-0.2, -0.15) is 0 Å². The summed E-state index contributed by atoms with van der Waals surface area (Å²) in [6.45, 7) is 12.0. The zero-order chi connectivity index (χ0) is 23.2. The monoisotopic (exact) mass is 426 g/mol. The first-order chi connectivity index (χ1) is 14.9. The number of carbonyl (C=O) groups is 2. The van der Waals surface area contributed by atoms with Crippen LogP contribution in [0.5, 0.6) is 0 Å². The Bertz CT molecular complexity index is 748. The molecule has 1 heterocycles. The number of fused-ring (bicyclic) bond motifs is 1. The summed E-state index contributed by atoms with van der Waals surface area (Å²) >= 11 is 0. The van der Waals surface area contributed by atoms with E-state index in [0.717, 1.165) is 30.9 Å². The Labute approximate surface area is 189 Å². The van der Waals surface area contributed by atoms with Crippen molar-refractivity contribution in [3.8, 4) is 0 Å². The Morgan fingerprint density at radius 1 is 1.13 bits per heavy atom. The van der Waals surface area contributed by atoms with E-state index in [1.54, 1.807) is 11.9 Å². The second-order valence-corrected chi connectivity index (χ2v) is 8.34. The maximum atomic E-state index is 11.9. The minimum atomic E-state index is 0.0307. The molecule has 0 aromatic carbocycles. The van der Waals surface area contributed by atoms with Gasteiger partial charge in [0.2, 0.25) is 5.91 Å². The van der Waals surface area contributed by atoms with Gasteiger partial charge in [-0.3, -0.25) is 9.78 Å². The number of hydrogen-bond acceptors (Lipinski definition) is 3. The predicted molar refractivity (Wildman–Crippen MR) is 130 cm³/mol. The number of nitrogens with zero attached hydrogens (tertiary/aromatic N) is 2. The molecule has 0 spiro atoms. The summed E-state index contributed by atoms with van der Waals surface area (Å²) in [4.78, 5) is 29.0. The number of pyridine rings is 1. The van der Waals surface area contributed by atoms with Crippen molar-refractivity contribution in [2.24, 2.45) is 5.92 Å². The van der Waals surface area contributed by atoms with Gasteiger partial charge in [-0.1, -0.05) is 38.2 Å². The highest BCUT2D eigenvalue weighted by Crippen LogP contribution is 2.35. The van der Waals surface area contributed by atoms with Crippen LogP contribution in [0.3, 0.4) is 0 Å². The van der Waals surface area contributed by atoms with Crippen LogP contribution >= 0.6 is 0 Å². The van der Waals surface area contributed by atoms with Gasteiger partial charge < -0.3 is 9.69 Å². The van der Waals surface area contributed by atoms with E-state index in [0.29, 0.717) is 19.4 Å². The summed E-state index contributed by atoms with van der Waals surface area (Å²) in [5.41, 5.74) is 5.37. The average molecular weight is 427 g/mol. The molecule has 0 unspecified atom stereocenters. The van der Waals surface area contributed by atoms with Crippen molar-refractivity contribution in [3.05, 3.63) is 53.4 Å². The van der Waals surface area contributed by atoms with Crippen molar-refractivity contribution in [1.29, 1.82) is 0 Å². The summed E-state index contributed by atoms with van der Waals surface area (Å²) in [6, 6.07) is 2.20. The highest BCUT2D eigenvalue weighted by Gasteiger charge is 2.21. The van der Waals surface area contributed by atoms with Gasteiger partial charge in [0.25, 0.3) is 0 Å². The molecule has 0 atom stereocenters. The number of hydrogen-bond donors (Lipinski definition) is 0. The molecule has 2 aliphatic carbocycles. The van der Waals surface area contributed by atoms with Crippen LogP contribution in [0.2, 0.25) is 0 Å². The average Bonchev–Trinajstić information content (AvgIpc) is 3.63. The molecule has 1 aromatic rings. The topological polar surface area (TPSA) is 50.3 Å². The third kappa shape index (κ3) is 10.6. The van der Waals surface area contributed by atoms with E-state index in [9.17, 15) is 9.59 Å². The molecule has 0 aliphatic heterocycles. The summed E-state index contributed by atoms with van der Waals surface area (Å²) in [6.07, 6.45) is 15.0. The van der Waals surface area contributed by atoms with Crippen LogP contribution in [0.4, 0.5) is 0 Å². The van der Waals surface area contributed by atoms with Crippen LogP contribution < -0.4 is 0 Å². The molecule has 0 N–H and O–H groups in total. The third-order valence-electron chi connectivity index (χ3n) is 5.70. The molecule has 0 saturated heterocycles. The van der Waals surface area contributed by atoms with Crippen LogP contribution in [0.1, 0.15) is 83.0 Å². The number of Topliss-reactive ketones (excluding diaryl/α,β-unsaturated/α-hetero) is 1. The number of allylic oxidation sites excluding steroid dienone is 3. The van der Waals surface area contributed by atoms with E-state index in [-0.39, 0.29) is 11.7 Å². The Morgan fingerprint density at radius 3 is 2.35 bits per heavy atom. The largest absolute Gasteiger partial charge is 0.345 e. The minimum absolute atomic E-state index is 0.0307. The molecule has 172 valence electrons. The maximum Gasteiger partial charge on any atom is 0.222 e. The molecule has 1 aromatic heterocycles. The predicted octanol–water partition coefficient (Wildman–Crippen LogP) is 5.89. The molecule has 2 aliphatic rings. The van der Waals surface area contributed by atoms with Crippen LogP contribution in [0.25, 0.3) is 0 Å².